The minimum absolute atomic E-state index is 0.00259. The van der Waals surface area contributed by atoms with Gasteiger partial charge in [-0.1, -0.05) is 19.3 Å². The van der Waals surface area contributed by atoms with Crippen LogP contribution < -0.4 is 5.32 Å². The van der Waals surface area contributed by atoms with Gasteiger partial charge in [0.15, 0.2) is 5.82 Å². The van der Waals surface area contributed by atoms with Gasteiger partial charge in [-0.25, -0.2) is 9.37 Å². The largest absolute Gasteiger partial charge is 0.336 e. The molecule has 40 heavy (non-hydrogen) atoms. The topological polar surface area (TPSA) is 125 Å². The first-order chi connectivity index (χ1) is 19.6. The van der Waals surface area contributed by atoms with Crippen LogP contribution in [-0.4, -0.2) is 41.0 Å². The number of hydrogen-bond donors (Lipinski definition) is 3. The van der Waals surface area contributed by atoms with Gasteiger partial charge < -0.3 is 10.3 Å². The summed E-state index contributed by atoms with van der Waals surface area (Å²) >= 11 is 0. The number of imidazole rings is 1. The van der Waals surface area contributed by atoms with Gasteiger partial charge in [0.1, 0.15) is 17.0 Å². The summed E-state index contributed by atoms with van der Waals surface area (Å²) in [6.07, 6.45) is 13.4. The SMILES string of the molecule is O=C(Nc1cncc(-c2cc3c(-c4nc5c(-c6ccncc6)nccc5[nH]4)n[nH]c3cc2F)c1)C1CCCCC1. The van der Waals surface area contributed by atoms with Crippen LogP contribution in [0.15, 0.2) is 67.4 Å². The van der Waals surface area contributed by atoms with E-state index in [1.54, 1.807) is 43.1 Å². The zero-order valence-corrected chi connectivity index (χ0v) is 21.5. The molecule has 0 saturated heterocycles. The summed E-state index contributed by atoms with van der Waals surface area (Å²) in [7, 11) is 0. The van der Waals surface area contributed by atoms with Crippen LogP contribution in [0.2, 0.25) is 0 Å². The lowest BCUT2D eigenvalue weighted by molar-refractivity contribution is -0.120. The molecule has 5 aromatic heterocycles. The first-order valence-corrected chi connectivity index (χ1v) is 13.3. The second-order valence-electron chi connectivity index (χ2n) is 10.1. The van der Waals surface area contributed by atoms with Crippen molar-refractivity contribution < 1.29 is 9.18 Å². The van der Waals surface area contributed by atoms with Crippen molar-refractivity contribution in [1.82, 2.24) is 35.1 Å². The van der Waals surface area contributed by atoms with E-state index < -0.39 is 5.82 Å². The molecule has 1 aromatic carbocycles. The average Bonchev–Trinajstić information content (AvgIpc) is 3.61. The van der Waals surface area contributed by atoms with Gasteiger partial charge in [-0.05, 0) is 43.2 Å². The number of anilines is 1. The summed E-state index contributed by atoms with van der Waals surface area (Å²) in [6, 6.07) is 10.5. The Morgan fingerprint density at radius 3 is 2.60 bits per heavy atom. The molecular weight excluding hydrogens is 507 g/mol. The van der Waals surface area contributed by atoms with E-state index in [1.807, 2.05) is 18.2 Å². The summed E-state index contributed by atoms with van der Waals surface area (Å²) in [4.78, 5) is 33.8. The van der Waals surface area contributed by atoms with E-state index in [4.69, 9.17) is 4.98 Å². The number of pyridine rings is 3. The number of H-pyrrole nitrogens is 2. The quantitative estimate of drug-likeness (QED) is 0.240. The molecular formula is C30H25FN8O. The summed E-state index contributed by atoms with van der Waals surface area (Å²) in [5.41, 5.74) is 5.70. The highest BCUT2D eigenvalue weighted by molar-refractivity contribution is 5.98. The predicted octanol–water partition coefficient (Wildman–Crippen LogP) is 6.28. The highest BCUT2D eigenvalue weighted by Crippen LogP contribution is 2.34. The molecule has 10 heteroatoms. The van der Waals surface area contributed by atoms with E-state index in [1.165, 1.54) is 12.5 Å². The van der Waals surface area contributed by atoms with E-state index >= 15 is 4.39 Å². The number of benzene rings is 1. The second kappa shape index (κ2) is 9.96. The van der Waals surface area contributed by atoms with Crippen molar-refractivity contribution in [3.8, 4) is 33.9 Å². The Bertz CT molecular complexity index is 1860. The third kappa shape index (κ3) is 4.37. The molecule has 1 amide bonds. The maximum atomic E-state index is 15.3. The maximum absolute atomic E-state index is 15.3. The van der Waals surface area contributed by atoms with Crippen molar-refractivity contribution in [3.05, 3.63) is 73.2 Å². The number of aromatic nitrogens is 7. The summed E-state index contributed by atoms with van der Waals surface area (Å²) in [6.45, 7) is 0. The Labute approximate surface area is 228 Å². The highest BCUT2D eigenvalue weighted by Gasteiger charge is 2.22. The van der Waals surface area contributed by atoms with Gasteiger partial charge >= 0.3 is 0 Å². The van der Waals surface area contributed by atoms with Crippen LogP contribution in [0.5, 0.6) is 0 Å². The summed E-state index contributed by atoms with van der Waals surface area (Å²) < 4.78 is 15.3. The fraction of sp³-hybridized carbons (Fsp3) is 0.200. The lowest BCUT2D eigenvalue weighted by atomic mass is 9.88. The molecule has 9 nitrogen and oxygen atoms in total. The van der Waals surface area contributed by atoms with E-state index in [9.17, 15) is 4.79 Å². The van der Waals surface area contributed by atoms with Crippen LogP contribution in [0, 0.1) is 11.7 Å². The molecule has 1 aliphatic rings. The summed E-state index contributed by atoms with van der Waals surface area (Å²) in [5.74, 6) is 0.122. The second-order valence-corrected chi connectivity index (χ2v) is 10.1. The van der Waals surface area contributed by atoms with Gasteiger partial charge in [0.2, 0.25) is 5.91 Å². The molecule has 1 aliphatic carbocycles. The molecule has 6 aromatic rings. The number of hydrogen-bond acceptors (Lipinski definition) is 6. The first-order valence-electron chi connectivity index (χ1n) is 13.3. The van der Waals surface area contributed by atoms with E-state index in [-0.39, 0.29) is 11.8 Å². The van der Waals surface area contributed by atoms with Crippen molar-refractivity contribution in [2.45, 2.75) is 32.1 Å². The minimum Gasteiger partial charge on any atom is -0.336 e. The normalized spacial score (nSPS) is 14.1. The van der Waals surface area contributed by atoms with Gasteiger partial charge in [-0.15, -0.1) is 0 Å². The number of amides is 1. The Balaban J connectivity index is 1.25. The van der Waals surface area contributed by atoms with E-state index in [0.717, 1.165) is 42.5 Å². The van der Waals surface area contributed by atoms with Gasteiger partial charge in [0, 0.05) is 58.8 Å². The van der Waals surface area contributed by atoms with E-state index in [2.05, 4.69) is 35.5 Å². The van der Waals surface area contributed by atoms with Crippen molar-refractivity contribution in [1.29, 1.82) is 0 Å². The van der Waals surface area contributed by atoms with Crippen LogP contribution in [0.4, 0.5) is 10.1 Å². The fourth-order valence-electron chi connectivity index (χ4n) is 5.47. The monoisotopic (exact) mass is 532 g/mol. The lowest BCUT2D eigenvalue weighted by Gasteiger charge is -2.20. The standard InChI is InChI=1S/C30H25FN8O/c31-23-14-25-22(13-21(23)19-12-20(16-33-15-19)35-30(40)18-4-2-1-3-5-18)27(39-38-25)29-36-24-8-11-34-26(28(24)37-29)17-6-9-32-10-7-17/h6-16,18H,1-5H2,(H,35,40)(H,36,37)(H,38,39). The molecule has 1 fully saturated rings. The third-order valence-corrected chi connectivity index (χ3v) is 7.52. The minimum atomic E-state index is -0.422. The number of halogens is 1. The molecule has 5 heterocycles. The van der Waals surface area contributed by atoms with Gasteiger partial charge in [0.05, 0.1) is 28.6 Å². The molecule has 0 spiro atoms. The van der Waals surface area contributed by atoms with Crippen molar-refractivity contribution >= 4 is 33.5 Å². The van der Waals surface area contributed by atoms with Crippen LogP contribution in [0.1, 0.15) is 32.1 Å². The Hall–Kier alpha value is -4.99. The molecule has 0 bridgehead atoms. The number of carbonyl (C=O) groups is 1. The molecule has 0 atom stereocenters. The number of nitrogens with zero attached hydrogens (tertiary/aromatic N) is 5. The first kappa shape index (κ1) is 24.1. The number of carbonyl (C=O) groups excluding carboxylic acids is 1. The van der Waals surface area contributed by atoms with Gasteiger partial charge in [-0.3, -0.25) is 24.8 Å². The van der Waals surface area contributed by atoms with Crippen molar-refractivity contribution in [2.75, 3.05) is 5.32 Å². The third-order valence-electron chi connectivity index (χ3n) is 7.52. The average molecular weight is 533 g/mol. The Morgan fingerprint density at radius 1 is 0.900 bits per heavy atom. The Morgan fingerprint density at radius 2 is 1.75 bits per heavy atom. The highest BCUT2D eigenvalue weighted by atomic mass is 19.1. The molecule has 1 saturated carbocycles. The van der Waals surface area contributed by atoms with Crippen LogP contribution in [0.3, 0.4) is 0 Å². The zero-order chi connectivity index (χ0) is 27.1. The maximum Gasteiger partial charge on any atom is 0.227 e. The number of aromatic amines is 2. The molecule has 7 rings (SSSR count). The smallest absolute Gasteiger partial charge is 0.227 e. The Kier molecular flexibility index (Phi) is 5.99. The summed E-state index contributed by atoms with van der Waals surface area (Å²) in [5, 5.41) is 11.1. The van der Waals surface area contributed by atoms with Crippen LogP contribution >= 0.6 is 0 Å². The molecule has 0 unspecified atom stereocenters. The van der Waals surface area contributed by atoms with Gasteiger partial charge in [0.25, 0.3) is 0 Å². The van der Waals surface area contributed by atoms with Crippen LogP contribution in [0.25, 0.3) is 55.8 Å². The fourth-order valence-corrected chi connectivity index (χ4v) is 5.47. The number of fused-ring (bicyclic) bond motifs is 2. The van der Waals surface area contributed by atoms with E-state index in [0.29, 0.717) is 44.8 Å². The molecule has 0 radical (unpaired) electrons. The van der Waals surface area contributed by atoms with Crippen LogP contribution in [-0.2, 0) is 4.79 Å². The molecule has 3 N–H and O–H groups in total. The predicted molar refractivity (Wildman–Crippen MR) is 151 cm³/mol. The number of nitrogens with one attached hydrogen (secondary N) is 3. The van der Waals surface area contributed by atoms with Crippen molar-refractivity contribution in [2.24, 2.45) is 5.92 Å². The molecule has 198 valence electrons. The van der Waals surface area contributed by atoms with Crippen molar-refractivity contribution in [3.63, 3.8) is 0 Å². The number of rotatable bonds is 5. The molecule has 0 aliphatic heterocycles. The lowest BCUT2D eigenvalue weighted by Crippen LogP contribution is -2.24. The zero-order valence-electron chi connectivity index (χ0n) is 21.5. The van der Waals surface area contributed by atoms with Gasteiger partial charge in [-0.2, -0.15) is 5.10 Å².